The van der Waals surface area contributed by atoms with Gasteiger partial charge in [0.05, 0.1) is 28.1 Å². The van der Waals surface area contributed by atoms with Crippen LogP contribution in [0.5, 0.6) is 0 Å². The Morgan fingerprint density at radius 3 is 2.61 bits per heavy atom. The Bertz CT molecular complexity index is 1160. The third kappa shape index (κ3) is 4.03. The number of aromatic nitrogens is 3. The second-order valence-corrected chi connectivity index (χ2v) is 8.55. The first kappa shape index (κ1) is 18.9. The number of hydrogen-bond donors (Lipinski definition) is 0. The molecule has 4 rings (SSSR count). The maximum atomic E-state index is 13.2. The highest BCUT2D eigenvalue weighted by Gasteiger charge is 2.13. The van der Waals surface area contributed by atoms with Crippen LogP contribution in [-0.2, 0) is 18.7 Å². The van der Waals surface area contributed by atoms with E-state index in [1.54, 1.807) is 27.7 Å². The maximum Gasteiger partial charge on any atom is 0.262 e. The molecule has 2 heterocycles. The van der Waals surface area contributed by atoms with E-state index in [9.17, 15) is 4.79 Å². The van der Waals surface area contributed by atoms with Gasteiger partial charge in [0.15, 0.2) is 5.16 Å². The lowest BCUT2D eigenvalue weighted by atomic mass is 10.1. The van der Waals surface area contributed by atoms with Crippen molar-refractivity contribution in [2.75, 3.05) is 0 Å². The normalized spacial score (nSPS) is 11.2. The van der Waals surface area contributed by atoms with Gasteiger partial charge in [-0.1, -0.05) is 60.6 Å². The van der Waals surface area contributed by atoms with Crippen molar-refractivity contribution in [3.8, 4) is 0 Å². The molecule has 0 fully saturated rings. The Balaban J connectivity index is 1.71. The molecule has 4 nitrogen and oxygen atoms in total. The summed E-state index contributed by atoms with van der Waals surface area (Å²) in [6, 6.07) is 15.8. The molecule has 0 aliphatic rings. The van der Waals surface area contributed by atoms with Crippen molar-refractivity contribution in [2.24, 2.45) is 0 Å². The molecule has 0 saturated heterocycles. The second kappa shape index (κ2) is 8.29. The van der Waals surface area contributed by atoms with Crippen molar-refractivity contribution < 1.29 is 0 Å². The molecule has 0 saturated carbocycles. The summed E-state index contributed by atoms with van der Waals surface area (Å²) in [5.41, 5.74) is 4.08. The first-order valence-corrected chi connectivity index (χ1v) is 11.1. The zero-order chi connectivity index (χ0) is 19.5. The number of thioether (sulfide) groups is 1. The zero-order valence-corrected chi connectivity index (χ0v) is 17.5. The van der Waals surface area contributed by atoms with Gasteiger partial charge >= 0.3 is 0 Å². The number of fused-ring (bicyclic) bond motifs is 1. The number of aryl methyl sites for hydroxylation is 2. The molecule has 0 aliphatic heterocycles. The highest BCUT2D eigenvalue weighted by atomic mass is 32.2. The largest absolute Gasteiger partial charge is 0.283 e. The average Bonchev–Trinajstić information content (AvgIpc) is 3.18. The van der Waals surface area contributed by atoms with Crippen molar-refractivity contribution >= 4 is 34.0 Å². The molecule has 0 radical (unpaired) electrons. The quantitative estimate of drug-likeness (QED) is 0.331. The van der Waals surface area contributed by atoms with Gasteiger partial charge in [0.25, 0.3) is 5.56 Å². The van der Waals surface area contributed by atoms with Gasteiger partial charge in [-0.2, -0.15) is 0 Å². The molecule has 0 atom stereocenters. The molecule has 0 N–H and O–H groups in total. The van der Waals surface area contributed by atoms with Crippen LogP contribution >= 0.6 is 23.1 Å². The van der Waals surface area contributed by atoms with Crippen LogP contribution in [-0.4, -0.2) is 14.5 Å². The van der Waals surface area contributed by atoms with Crippen LogP contribution in [0.25, 0.3) is 10.9 Å². The second-order valence-electron chi connectivity index (χ2n) is 6.66. The van der Waals surface area contributed by atoms with Gasteiger partial charge in [-0.05, 0) is 31.0 Å². The smallest absolute Gasteiger partial charge is 0.262 e. The van der Waals surface area contributed by atoms with Gasteiger partial charge in [-0.3, -0.25) is 9.36 Å². The molecule has 142 valence electrons. The van der Waals surface area contributed by atoms with Gasteiger partial charge in [-0.25, -0.2) is 9.97 Å². The zero-order valence-electron chi connectivity index (χ0n) is 15.9. The third-order valence-electron chi connectivity index (χ3n) is 4.54. The summed E-state index contributed by atoms with van der Waals surface area (Å²) >= 11 is 3.26. The van der Waals surface area contributed by atoms with Crippen LogP contribution in [0, 0.1) is 6.92 Å². The van der Waals surface area contributed by atoms with Crippen LogP contribution in [0.1, 0.15) is 28.8 Å². The van der Waals surface area contributed by atoms with Crippen molar-refractivity contribution in [2.45, 2.75) is 37.7 Å². The number of thiazole rings is 1. The summed E-state index contributed by atoms with van der Waals surface area (Å²) in [4.78, 5) is 22.6. The van der Waals surface area contributed by atoms with E-state index in [1.165, 1.54) is 5.56 Å². The number of hydrogen-bond acceptors (Lipinski definition) is 5. The topological polar surface area (TPSA) is 47.8 Å². The van der Waals surface area contributed by atoms with E-state index in [0.29, 0.717) is 17.7 Å². The molecule has 28 heavy (non-hydrogen) atoms. The molecule has 2 aromatic heterocycles. The first-order valence-electron chi connectivity index (χ1n) is 9.25. The molecule has 6 heteroatoms. The molecule has 0 bridgehead atoms. The van der Waals surface area contributed by atoms with E-state index in [4.69, 9.17) is 4.98 Å². The van der Waals surface area contributed by atoms with Crippen molar-refractivity contribution in [3.63, 3.8) is 0 Å². The van der Waals surface area contributed by atoms with E-state index in [-0.39, 0.29) is 5.56 Å². The van der Waals surface area contributed by atoms with Gasteiger partial charge < -0.3 is 0 Å². The lowest BCUT2D eigenvalue weighted by molar-refractivity contribution is 0.658. The Kier molecular flexibility index (Phi) is 5.59. The fraction of sp³-hybridized carbons (Fsp3) is 0.227. The van der Waals surface area contributed by atoms with Crippen molar-refractivity contribution in [1.29, 1.82) is 0 Å². The minimum atomic E-state index is 0.00111. The number of rotatable bonds is 6. The predicted molar refractivity (Wildman–Crippen MR) is 117 cm³/mol. The summed E-state index contributed by atoms with van der Waals surface area (Å²) in [6.45, 7) is 4.68. The molecule has 0 unspecified atom stereocenters. The van der Waals surface area contributed by atoms with Crippen LogP contribution in [0.3, 0.4) is 0 Å². The molecule has 0 aliphatic carbocycles. The van der Waals surface area contributed by atoms with Gasteiger partial charge in [0, 0.05) is 11.1 Å². The lowest BCUT2D eigenvalue weighted by Gasteiger charge is -2.13. The van der Waals surface area contributed by atoms with Crippen LogP contribution < -0.4 is 5.56 Å². The number of benzene rings is 2. The number of para-hydroxylation sites is 1. The van der Waals surface area contributed by atoms with Crippen LogP contribution in [0.2, 0.25) is 0 Å². The van der Waals surface area contributed by atoms with E-state index in [0.717, 1.165) is 33.4 Å². The molecule has 0 amide bonds. The third-order valence-corrected chi connectivity index (χ3v) is 6.59. The number of nitrogens with zero attached hydrogens (tertiary/aromatic N) is 3. The van der Waals surface area contributed by atoms with E-state index in [1.807, 2.05) is 24.3 Å². The predicted octanol–water partition coefficient (Wildman–Crippen LogP) is 5.06. The highest BCUT2D eigenvalue weighted by molar-refractivity contribution is 7.98. The molecule has 0 spiro atoms. The first-order chi connectivity index (χ1) is 13.6. The van der Waals surface area contributed by atoms with Crippen molar-refractivity contribution in [3.05, 3.63) is 86.1 Å². The van der Waals surface area contributed by atoms with Gasteiger partial charge in [-0.15, -0.1) is 11.3 Å². The Morgan fingerprint density at radius 1 is 1.07 bits per heavy atom. The summed E-state index contributed by atoms with van der Waals surface area (Å²) < 4.78 is 1.78. The minimum absolute atomic E-state index is 0.00111. The van der Waals surface area contributed by atoms with Gasteiger partial charge in [0.2, 0.25) is 0 Å². The van der Waals surface area contributed by atoms with Gasteiger partial charge in [0.1, 0.15) is 0 Å². The van der Waals surface area contributed by atoms with E-state index < -0.39 is 0 Å². The molecule has 4 aromatic rings. The minimum Gasteiger partial charge on any atom is -0.283 e. The summed E-state index contributed by atoms with van der Waals surface area (Å²) in [7, 11) is 0. The molecule has 2 aromatic carbocycles. The summed E-state index contributed by atoms with van der Waals surface area (Å²) in [5, 5.41) is 4.62. The Labute approximate surface area is 172 Å². The molecular weight excluding hydrogens is 386 g/mol. The average molecular weight is 408 g/mol. The summed E-state index contributed by atoms with van der Waals surface area (Å²) in [6.07, 6.45) is 0.946. The van der Waals surface area contributed by atoms with Crippen molar-refractivity contribution in [1.82, 2.24) is 14.5 Å². The lowest BCUT2D eigenvalue weighted by Crippen LogP contribution is -2.24. The highest BCUT2D eigenvalue weighted by Crippen LogP contribution is 2.24. The fourth-order valence-corrected chi connectivity index (χ4v) is 4.73. The molecular formula is C22H21N3OS2. The van der Waals surface area contributed by atoms with Crippen LogP contribution in [0.4, 0.5) is 0 Å². The van der Waals surface area contributed by atoms with E-state index in [2.05, 4.69) is 48.5 Å². The SMILES string of the molecule is CCc1nc(CSc2nc3ccccc3c(=O)n2Cc2ccc(C)cc2)cs1. The van der Waals surface area contributed by atoms with Crippen LogP contribution in [0.15, 0.2) is 63.9 Å². The summed E-state index contributed by atoms with van der Waals surface area (Å²) in [5.74, 6) is 0.704. The maximum absolute atomic E-state index is 13.2. The fourth-order valence-electron chi connectivity index (χ4n) is 2.99. The Morgan fingerprint density at radius 2 is 1.86 bits per heavy atom. The Hall–Kier alpha value is -2.44. The monoisotopic (exact) mass is 407 g/mol. The van der Waals surface area contributed by atoms with E-state index >= 15 is 0 Å². The standard InChI is InChI=1S/C22H21N3OS2/c1-3-20-23-17(13-27-20)14-28-22-24-19-7-5-4-6-18(19)21(26)25(22)12-16-10-8-15(2)9-11-16/h4-11,13H,3,12,14H2,1-2H3.